The van der Waals surface area contributed by atoms with Crippen molar-refractivity contribution in [3.05, 3.63) is 34.4 Å². The molecule has 7 nitrogen and oxygen atoms in total. The average Bonchev–Trinajstić information content (AvgIpc) is 2.39. The summed E-state index contributed by atoms with van der Waals surface area (Å²) in [6.45, 7) is 2.34. The largest absolute Gasteiger partial charge is 0.396 e. The fraction of sp³-hybridized carbons (Fsp3) is 0.500. The van der Waals surface area contributed by atoms with E-state index in [1.165, 1.54) is 24.3 Å². The van der Waals surface area contributed by atoms with Crippen LogP contribution in [0.1, 0.15) is 13.3 Å². The summed E-state index contributed by atoms with van der Waals surface area (Å²) < 4.78 is 24.4. The maximum absolute atomic E-state index is 12.2. The van der Waals surface area contributed by atoms with Crippen molar-refractivity contribution in [2.45, 2.75) is 24.3 Å². The first kappa shape index (κ1) is 16.5. The molecular weight excluding hydrogens is 284 g/mol. The fourth-order valence-corrected chi connectivity index (χ4v) is 3.38. The van der Waals surface area contributed by atoms with Gasteiger partial charge in [-0.15, -0.1) is 0 Å². The highest BCUT2D eigenvalue weighted by Crippen LogP contribution is 2.18. The van der Waals surface area contributed by atoms with Crippen LogP contribution in [0.25, 0.3) is 0 Å². The highest BCUT2D eigenvalue weighted by molar-refractivity contribution is 7.91. The molecule has 8 heteroatoms. The lowest BCUT2D eigenvalue weighted by atomic mass is 10.2. The number of aliphatic hydroxyl groups excluding tert-OH is 1. The topological polar surface area (TPSA) is 110 Å². The molecule has 0 aromatic heterocycles. The van der Waals surface area contributed by atoms with Crippen molar-refractivity contribution in [2.24, 2.45) is 0 Å². The highest BCUT2D eigenvalue weighted by Gasteiger charge is 2.21. The van der Waals surface area contributed by atoms with E-state index in [0.29, 0.717) is 13.0 Å². The van der Waals surface area contributed by atoms with E-state index in [1.54, 1.807) is 0 Å². The van der Waals surface area contributed by atoms with Gasteiger partial charge in [0.25, 0.3) is 5.69 Å². The molecule has 0 aliphatic heterocycles. The minimum Gasteiger partial charge on any atom is -0.396 e. The summed E-state index contributed by atoms with van der Waals surface area (Å²) in [5, 5.41) is 22.4. The van der Waals surface area contributed by atoms with Gasteiger partial charge in [0.2, 0.25) is 0 Å². The molecule has 1 aromatic rings. The van der Waals surface area contributed by atoms with Crippen molar-refractivity contribution in [2.75, 3.05) is 18.9 Å². The van der Waals surface area contributed by atoms with Gasteiger partial charge >= 0.3 is 0 Å². The van der Waals surface area contributed by atoms with Crippen LogP contribution in [-0.4, -0.2) is 43.4 Å². The third-order valence-electron chi connectivity index (χ3n) is 2.80. The number of nitro groups is 1. The third kappa shape index (κ3) is 4.55. The van der Waals surface area contributed by atoms with Crippen molar-refractivity contribution in [1.82, 2.24) is 5.32 Å². The van der Waals surface area contributed by atoms with Gasteiger partial charge in [-0.05, 0) is 25.1 Å². The Hall–Kier alpha value is -1.51. The van der Waals surface area contributed by atoms with Crippen LogP contribution in [-0.2, 0) is 9.84 Å². The minimum atomic E-state index is -3.54. The van der Waals surface area contributed by atoms with Gasteiger partial charge in [0.15, 0.2) is 9.84 Å². The molecule has 1 atom stereocenters. The zero-order chi connectivity index (χ0) is 15.2. The molecule has 112 valence electrons. The Bertz CT molecular complexity index is 535. The molecule has 1 rings (SSSR count). The molecule has 0 aliphatic carbocycles. The van der Waals surface area contributed by atoms with E-state index in [-0.39, 0.29) is 29.0 Å². The maximum atomic E-state index is 12.2. The van der Waals surface area contributed by atoms with Gasteiger partial charge in [0, 0.05) is 24.8 Å². The number of hydrogen-bond acceptors (Lipinski definition) is 6. The van der Waals surface area contributed by atoms with E-state index < -0.39 is 14.8 Å². The zero-order valence-corrected chi connectivity index (χ0v) is 12.0. The summed E-state index contributed by atoms with van der Waals surface area (Å²) >= 11 is 0. The molecule has 0 heterocycles. The molecule has 0 spiro atoms. The molecule has 0 saturated carbocycles. The van der Waals surface area contributed by atoms with Crippen LogP contribution in [0.4, 0.5) is 5.69 Å². The lowest BCUT2D eigenvalue weighted by Gasteiger charge is -2.16. The number of sulfone groups is 1. The van der Waals surface area contributed by atoms with Gasteiger partial charge in [-0.2, -0.15) is 0 Å². The first-order chi connectivity index (χ1) is 9.40. The number of rotatable bonds is 8. The van der Waals surface area contributed by atoms with Gasteiger partial charge in [0.1, 0.15) is 0 Å². The second-order valence-corrected chi connectivity index (χ2v) is 6.33. The Morgan fingerprint density at radius 3 is 2.40 bits per heavy atom. The van der Waals surface area contributed by atoms with Crippen LogP contribution >= 0.6 is 0 Å². The van der Waals surface area contributed by atoms with Gasteiger partial charge in [-0.25, -0.2) is 8.42 Å². The normalized spacial score (nSPS) is 13.1. The molecule has 0 aliphatic rings. The molecule has 0 radical (unpaired) electrons. The van der Waals surface area contributed by atoms with Gasteiger partial charge < -0.3 is 10.4 Å². The van der Waals surface area contributed by atoms with E-state index in [9.17, 15) is 18.5 Å². The summed E-state index contributed by atoms with van der Waals surface area (Å²) in [4.78, 5) is 9.99. The summed E-state index contributed by atoms with van der Waals surface area (Å²) in [6, 6.07) is 4.46. The lowest BCUT2D eigenvalue weighted by molar-refractivity contribution is -0.384. The van der Waals surface area contributed by atoms with Gasteiger partial charge in [-0.3, -0.25) is 10.1 Å². The van der Waals surface area contributed by atoms with Crippen LogP contribution in [0.2, 0.25) is 0 Å². The van der Waals surface area contributed by atoms with E-state index in [4.69, 9.17) is 5.11 Å². The molecule has 1 aromatic carbocycles. The molecule has 0 amide bonds. The quantitative estimate of drug-likeness (QED) is 0.541. The standard InChI is InChI=1S/C12H18N2O5S/c1-2-13-10(7-8-15)9-20(18,19)12-5-3-11(4-6-12)14(16)17/h3-6,10,13,15H,2,7-9H2,1H3. The SMILES string of the molecule is CCNC(CCO)CS(=O)(=O)c1ccc([N+](=O)[O-])cc1. The van der Waals surface area contributed by atoms with Crippen molar-refractivity contribution in [3.8, 4) is 0 Å². The summed E-state index contributed by atoms with van der Waals surface area (Å²) in [5.74, 6) is -0.154. The summed E-state index contributed by atoms with van der Waals surface area (Å²) in [5.41, 5.74) is -0.150. The first-order valence-electron chi connectivity index (χ1n) is 6.22. The van der Waals surface area contributed by atoms with Crippen molar-refractivity contribution in [1.29, 1.82) is 0 Å². The van der Waals surface area contributed by atoms with Crippen LogP contribution < -0.4 is 5.32 Å². The predicted molar refractivity (Wildman–Crippen MR) is 74.3 cm³/mol. The van der Waals surface area contributed by atoms with Crippen LogP contribution in [0.3, 0.4) is 0 Å². The van der Waals surface area contributed by atoms with E-state index in [0.717, 1.165) is 0 Å². The number of nitrogens with one attached hydrogen (secondary N) is 1. The monoisotopic (exact) mass is 302 g/mol. The predicted octanol–water partition coefficient (Wildman–Crippen LogP) is 0.729. The maximum Gasteiger partial charge on any atom is 0.269 e. The molecule has 0 saturated heterocycles. The number of nitro benzene ring substituents is 1. The minimum absolute atomic E-state index is 0.0453. The zero-order valence-electron chi connectivity index (χ0n) is 11.2. The number of non-ortho nitro benzene ring substituents is 1. The fourth-order valence-electron chi connectivity index (χ4n) is 1.83. The van der Waals surface area contributed by atoms with Crippen LogP contribution in [0.15, 0.2) is 29.2 Å². The first-order valence-corrected chi connectivity index (χ1v) is 7.87. The molecule has 0 bridgehead atoms. The Kier molecular flexibility index (Phi) is 6.05. The number of benzene rings is 1. The average molecular weight is 302 g/mol. The van der Waals surface area contributed by atoms with Gasteiger partial charge in [-0.1, -0.05) is 6.92 Å². The van der Waals surface area contributed by atoms with E-state index in [1.807, 2.05) is 6.92 Å². The van der Waals surface area contributed by atoms with Crippen molar-refractivity contribution < 1.29 is 18.4 Å². The van der Waals surface area contributed by atoms with Gasteiger partial charge in [0.05, 0.1) is 15.6 Å². The van der Waals surface area contributed by atoms with Crippen LogP contribution in [0, 0.1) is 10.1 Å². The molecule has 1 unspecified atom stereocenters. The highest BCUT2D eigenvalue weighted by atomic mass is 32.2. The lowest BCUT2D eigenvalue weighted by Crippen LogP contribution is -2.36. The number of nitrogens with zero attached hydrogens (tertiary/aromatic N) is 1. The number of hydrogen-bond donors (Lipinski definition) is 2. The third-order valence-corrected chi connectivity index (χ3v) is 4.63. The Balaban J connectivity index is 2.89. The second kappa shape index (κ2) is 7.32. The molecule has 2 N–H and O–H groups in total. The van der Waals surface area contributed by atoms with Crippen molar-refractivity contribution >= 4 is 15.5 Å². The van der Waals surface area contributed by atoms with Crippen molar-refractivity contribution in [3.63, 3.8) is 0 Å². The Labute approximate surface area is 117 Å². The Morgan fingerprint density at radius 1 is 1.35 bits per heavy atom. The summed E-state index contributed by atoms with van der Waals surface area (Å²) in [6.07, 6.45) is 0.333. The van der Waals surface area contributed by atoms with E-state index in [2.05, 4.69) is 5.32 Å². The van der Waals surface area contributed by atoms with Crippen LogP contribution in [0.5, 0.6) is 0 Å². The smallest absolute Gasteiger partial charge is 0.269 e. The Morgan fingerprint density at radius 2 is 1.95 bits per heavy atom. The number of aliphatic hydroxyl groups is 1. The summed E-state index contributed by atoms with van der Waals surface area (Å²) in [7, 11) is -3.54. The van der Waals surface area contributed by atoms with E-state index >= 15 is 0 Å². The molecular formula is C12H18N2O5S. The molecule has 0 fully saturated rings. The second-order valence-electron chi connectivity index (χ2n) is 4.30. The molecule has 20 heavy (non-hydrogen) atoms.